The smallest absolute Gasteiger partial charge is 0.408 e. The van der Waals surface area contributed by atoms with Crippen molar-refractivity contribution < 1.29 is 38.1 Å². The summed E-state index contributed by atoms with van der Waals surface area (Å²) in [6.45, 7) is 4.21. The van der Waals surface area contributed by atoms with Crippen LogP contribution in [-0.4, -0.2) is 61.6 Å². The van der Waals surface area contributed by atoms with Gasteiger partial charge in [-0.1, -0.05) is 121 Å². The molecule has 3 aliphatic carbocycles. The van der Waals surface area contributed by atoms with Crippen LogP contribution in [0.1, 0.15) is 125 Å². The maximum Gasteiger partial charge on any atom is 0.408 e. The molecule has 2 amide bonds. The minimum Gasteiger partial charge on any atom is -0.464 e. The number of carbonyl (C=O) groups is 4. The highest BCUT2D eigenvalue weighted by atomic mass is 16.6. The molecule has 4 aromatic carbocycles. The number of allylic oxidation sites excluding steroid dienone is 4. The van der Waals surface area contributed by atoms with Crippen LogP contribution in [-0.2, 0) is 28.5 Å². The average molecular weight is 867 g/mol. The minimum atomic E-state index is -1.25. The molecule has 7 rings (SSSR count). The van der Waals surface area contributed by atoms with Crippen molar-refractivity contribution in [3.63, 3.8) is 0 Å². The van der Waals surface area contributed by atoms with Gasteiger partial charge >= 0.3 is 24.1 Å². The Balaban J connectivity index is 0.995. The lowest BCUT2D eigenvalue weighted by molar-refractivity contribution is -0.152. The summed E-state index contributed by atoms with van der Waals surface area (Å²) in [5.74, 6) is -1.12. The number of amides is 2. The Hall–Kier alpha value is -6.16. The molecule has 0 bridgehead atoms. The number of benzene rings is 4. The largest absolute Gasteiger partial charge is 0.464 e. The summed E-state index contributed by atoms with van der Waals surface area (Å²) in [6.07, 6.45) is 13.6. The van der Waals surface area contributed by atoms with Crippen LogP contribution in [0.2, 0.25) is 0 Å². The number of hydrogen-bond donors (Lipinski definition) is 2. The van der Waals surface area contributed by atoms with Crippen LogP contribution >= 0.6 is 0 Å². The number of carbonyl (C=O) groups excluding carboxylic acids is 4. The second kappa shape index (κ2) is 22.0. The number of nitrogens with one attached hydrogen (secondary N) is 2. The van der Waals surface area contributed by atoms with Gasteiger partial charge in [-0.25, -0.2) is 19.2 Å². The lowest BCUT2D eigenvalue weighted by atomic mass is 9.86. The zero-order chi connectivity index (χ0) is 44.8. The van der Waals surface area contributed by atoms with Gasteiger partial charge in [-0.2, -0.15) is 0 Å². The van der Waals surface area contributed by atoms with Gasteiger partial charge < -0.3 is 29.6 Å². The van der Waals surface area contributed by atoms with E-state index in [9.17, 15) is 19.2 Å². The fourth-order valence-electron chi connectivity index (χ4n) is 9.77. The number of alkyl carbamates (subject to hydrolysis) is 2. The second-order valence-electron chi connectivity index (χ2n) is 17.0. The monoisotopic (exact) mass is 866 g/mol. The van der Waals surface area contributed by atoms with Crippen LogP contribution in [0, 0.1) is 0 Å². The Morgan fingerprint density at radius 1 is 0.453 bits per heavy atom. The lowest BCUT2D eigenvalue weighted by Crippen LogP contribution is -2.55. The predicted molar refractivity (Wildman–Crippen MR) is 249 cm³/mol. The van der Waals surface area contributed by atoms with E-state index >= 15 is 0 Å². The topological polar surface area (TPSA) is 129 Å². The summed E-state index contributed by atoms with van der Waals surface area (Å²) < 4.78 is 23.1. The van der Waals surface area contributed by atoms with E-state index in [-0.39, 0.29) is 38.3 Å². The first kappa shape index (κ1) is 45.9. The molecule has 64 heavy (non-hydrogen) atoms. The Bertz CT molecular complexity index is 2040. The average Bonchev–Trinajstić information content (AvgIpc) is 3.81. The standard InChI is InChI=1S/C54H62N2O8/c1-3-61-49(57)53(55-51(59)63-37-47-43-29-17-13-25-39(43)40-26-14-18-30-44(40)47)33-21-9-5-7-11-23-35-54(50(58)62-4-2,36-24-12-8-6-10-22-34-53)56-52(60)64-38-48-45-31-19-15-27-41(45)42-28-16-20-32-46(42)48/h5-8,13-20,25-32,47-48H,3-4,9-12,21-24,33-38H2,1-2H3,(H,55,59)(H,56,60). The van der Waals surface area contributed by atoms with Gasteiger partial charge in [-0.15, -0.1) is 0 Å². The minimum absolute atomic E-state index is 0.108. The van der Waals surface area contributed by atoms with E-state index in [1.807, 2.05) is 48.5 Å². The first-order valence-corrected chi connectivity index (χ1v) is 23.2. The fourth-order valence-corrected chi connectivity index (χ4v) is 9.77. The van der Waals surface area contributed by atoms with E-state index in [1.54, 1.807) is 13.8 Å². The molecule has 0 aromatic heterocycles. The number of hydrogen-bond acceptors (Lipinski definition) is 8. The molecule has 10 nitrogen and oxygen atoms in total. The molecule has 0 fully saturated rings. The number of rotatable bonds is 10. The van der Waals surface area contributed by atoms with Gasteiger partial charge in [-0.05, 0) is 135 Å². The molecule has 336 valence electrons. The first-order valence-electron chi connectivity index (χ1n) is 23.2. The predicted octanol–water partition coefficient (Wildman–Crippen LogP) is 11.5. The Labute approximate surface area is 377 Å². The van der Waals surface area contributed by atoms with Crippen molar-refractivity contribution in [1.29, 1.82) is 0 Å². The van der Waals surface area contributed by atoms with Crippen molar-refractivity contribution >= 4 is 24.1 Å². The van der Waals surface area contributed by atoms with E-state index in [4.69, 9.17) is 18.9 Å². The zero-order valence-corrected chi connectivity index (χ0v) is 37.3. The number of ether oxygens (including phenoxy) is 4. The SMILES string of the molecule is CCOC(=O)C1(NC(=O)OCC2c3ccccc3-c3ccccc32)CCCC=CCCCC(NC(=O)OCC2c3ccccc3-c3ccccc32)(C(=O)OCC)CCCC=CCCC1. The summed E-state index contributed by atoms with van der Waals surface area (Å²) >= 11 is 0. The van der Waals surface area contributed by atoms with Gasteiger partial charge in [-0.3, -0.25) is 0 Å². The molecule has 10 heteroatoms. The molecule has 2 N–H and O–H groups in total. The van der Waals surface area contributed by atoms with Crippen LogP contribution < -0.4 is 10.6 Å². The fraction of sp³-hybridized carbons (Fsp3) is 0.407. The zero-order valence-electron chi connectivity index (χ0n) is 37.3. The Kier molecular flexibility index (Phi) is 15.7. The van der Waals surface area contributed by atoms with Gasteiger partial charge in [0.15, 0.2) is 0 Å². The van der Waals surface area contributed by atoms with Crippen molar-refractivity contribution in [1.82, 2.24) is 10.6 Å². The van der Waals surface area contributed by atoms with Gasteiger partial charge in [0.1, 0.15) is 24.3 Å². The van der Waals surface area contributed by atoms with Gasteiger partial charge in [0.2, 0.25) is 0 Å². The third-order valence-electron chi connectivity index (χ3n) is 12.9. The van der Waals surface area contributed by atoms with Crippen molar-refractivity contribution in [2.45, 2.75) is 114 Å². The third-order valence-corrected chi connectivity index (χ3v) is 12.9. The van der Waals surface area contributed by atoms with Crippen LogP contribution in [0.4, 0.5) is 9.59 Å². The second-order valence-corrected chi connectivity index (χ2v) is 17.0. The molecule has 0 heterocycles. The molecule has 0 aliphatic heterocycles. The molecule has 0 atom stereocenters. The van der Waals surface area contributed by atoms with E-state index in [2.05, 4.69) is 83.5 Å². The maximum atomic E-state index is 13.8. The number of fused-ring (bicyclic) bond motifs is 6. The van der Waals surface area contributed by atoms with Gasteiger partial charge in [0.25, 0.3) is 0 Å². The number of esters is 2. The molecule has 4 aromatic rings. The lowest BCUT2D eigenvalue weighted by Gasteiger charge is -2.32. The van der Waals surface area contributed by atoms with Crippen LogP contribution in [0.15, 0.2) is 121 Å². The Morgan fingerprint density at radius 2 is 0.734 bits per heavy atom. The normalized spacial score (nSPS) is 20.3. The highest BCUT2D eigenvalue weighted by molar-refractivity contribution is 5.87. The molecule has 0 unspecified atom stereocenters. The summed E-state index contributed by atoms with van der Waals surface area (Å²) in [6, 6.07) is 32.8. The van der Waals surface area contributed by atoms with E-state index < -0.39 is 35.2 Å². The summed E-state index contributed by atoms with van der Waals surface area (Å²) in [5, 5.41) is 6.03. The highest BCUT2D eigenvalue weighted by Gasteiger charge is 2.43. The van der Waals surface area contributed by atoms with Gasteiger partial charge in [0, 0.05) is 11.8 Å². The van der Waals surface area contributed by atoms with Crippen molar-refractivity contribution in [2.75, 3.05) is 26.4 Å². The van der Waals surface area contributed by atoms with Gasteiger partial charge in [0.05, 0.1) is 13.2 Å². The van der Waals surface area contributed by atoms with E-state index in [0.29, 0.717) is 77.0 Å². The van der Waals surface area contributed by atoms with Crippen LogP contribution in [0.3, 0.4) is 0 Å². The highest BCUT2D eigenvalue weighted by Crippen LogP contribution is 2.46. The third kappa shape index (κ3) is 10.6. The molecule has 3 aliphatic rings. The van der Waals surface area contributed by atoms with Crippen molar-refractivity contribution in [3.8, 4) is 22.3 Å². The van der Waals surface area contributed by atoms with Crippen molar-refractivity contribution in [2.24, 2.45) is 0 Å². The maximum absolute atomic E-state index is 13.8. The molecule has 0 saturated heterocycles. The molecular weight excluding hydrogens is 805 g/mol. The summed E-state index contributed by atoms with van der Waals surface area (Å²) in [7, 11) is 0. The van der Waals surface area contributed by atoms with Crippen LogP contribution in [0.25, 0.3) is 22.3 Å². The molecule has 0 saturated carbocycles. The van der Waals surface area contributed by atoms with Crippen LogP contribution in [0.5, 0.6) is 0 Å². The first-order chi connectivity index (χ1) is 31.3. The molecule has 0 spiro atoms. The molecular formula is C54H62N2O8. The quantitative estimate of drug-likeness (QED) is 0.0916. The van der Waals surface area contributed by atoms with Crippen molar-refractivity contribution in [3.05, 3.63) is 144 Å². The van der Waals surface area contributed by atoms with E-state index in [0.717, 1.165) is 44.5 Å². The van der Waals surface area contributed by atoms with E-state index in [1.165, 1.54) is 0 Å². The summed E-state index contributed by atoms with van der Waals surface area (Å²) in [4.78, 5) is 55.0. The molecule has 0 radical (unpaired) electrons. The Morgan fingerprint density at radius 3 is 1.02 bits per heavy atom. The summed E-state index contributed by atoms with van der Waals surface area (Å²) in [5.41, 5.74) is 6.52.